The highest BCUT2D eigenvalue weighted by Crippen LogP contribution is 2.37. The van der Waals surface area contributed by atoms with Crippen LogP contribution in [0.1, 0.15) is 18.8 Å². The van der Waals surface area contributed by atoms with Crippen LogP contribution in [-0.4, -0.2) is 33.4 Å². The van der Waals surface area contributed by atoms with E-state index in [4.69, 9.17) is 22.3 Å². The van der Waals surface area contributed by atoms with E-state index in [9.17, 15) is 13.6 Å². The Kier molecular flexibility index (Phi) is 5.44. The summed E-state index contributed by atoms with van der Waals surface area (Å²) in [5, 5.41) is 3.25. The van der Waals surface area contributed by atoms with Gasteiger partial charge in [0.2, 0.25) is 5.91 Å². The number of amides is 1. The monoisotopic (exact) mass is 431 g/mol. The highest BCUT2D eigenvalue weighted by molar-refractivity contribution is 6.30. The lowest BCUT2D eigenvalue weighted by Crippen LogP contribution is -2.44. The van der Waals surface area contributed by atoms with E-state index in [0.29, 0.717) is 41.7 Å². The zero-order valence-corrected chi connectivity index (χ0v) is 17.0. The lowest BCUT2D eigenvalue weighted by Gasteiger charge is -2.34. The minimum atomic E-state index is -0.545. The first kappa shape index (κ1) is 20.3. The number of carbonyl (C=O) groups is 1. The summed E-state index contributed by atoms with van der Waals surface area (Å²) >= 11 is 5.79. The molecule has 0 unspecified atom stereocenters. The van der Waals surface area contributed by atoms with Crippen molar-refractivity contribution in [2.24, 2.45) is 5.73 Å². The fraction of sp³-hybridized carbons (Fsp3) is 0.238. The third kappa shape index (κ3) is 3.64. The maximum Gasteiger partial charge on any atom is 0.236 e. The smallest absolute Gasteiger partial charge is 0.236 e. The highest BCUT2D eigenvalue weighted by Gasteiger charge is 2.32. The van der Waals surface area contributed by atoms with Gasteiger partial charge in [0.15, 0.2) is 0 Å². The summed E-state index contributed by atoms with van der Waals surface area (Å²) in [5.41, 5.74) is 7.31. The van der Waals surface area contributed by atoms with Crippen molar-refractivity contribution >= 4 is 29.0 Å². The van der Waals surface area contributed by atoms with Gasteiger partial charge in [-0.3, -0.25) is 4.79 Å². The van der Waals surface area contributed by atoms with E-state index in [1.807, 2.05) is 11.5 Å². The van der Waals surface area contributed by atoms with Gasteiger partial charge in [0.25, 0.3) is 0 Å². The molecular formula is C21H20ClF2N5O. The molecule has 2 aromatic carbocycles. The van der Waals surface area contributed by atoms with Crippen LogP contribution in [0.25, 0.3) is 11.3 Å². The van der Waals surface area contributed by atoms with Gasteiger partial charge in [-0.25, -0.2) is 13.8 Å². The summed E-state index contributed by atoms with van der Waals surface area (Å²) < 4.78 is 29.4. The average molecular weight is 432 g/mol. The Morgan fingerprint density at radius 3 is 2.63 bits per heavy atom. The Morgan fingerprint density at radius 2 is 1.97 bits per heavy atom. The first-order valence-corrected chi connectivity index (χ1v) is 9.84. The van der Waals surface area contributed by atoms with Gasteiger partial charge in [-0.1, -0.05) is 11.6 Å². The van der Waals surface area contributed by atoms with Crippen LogP contribution in [0, 0.1) is 11.6 Å². The zero-order valence-electron chi connectivity index (χ0n) is 16.2. The minimum Gasteiger partial charge on any atom is -0.340 e. The van der Waals surface area contributed by atoms with Crippen molar-refractivity contribution in [3.8, 4) is 11.3 Å². The fourth-order valence-corrected chi connectivity index (χ4v) is 3.78. The Bertz CT molecular complexity index is 1100. The second-order valence-electron chi connectivity index (χ2n) is 7.05. The molecule has 0 fully saturated rings. The van der Waals surface area contributed by atoms with Crippen molar-refractivity contribution in [1.29, 1.82) is 0 Å². The molecule has 1 aliphatic rings. The molecule has 30 heavy (non-hydrogen) atoms. The Morgan fingerprint density at radius 1 is 1.23 bits per heavy atom. The van der Waals surface area contributed by atoms with Gasteiger partial charge in [-0.05, 0) is 49.4 Å². The van der Waals surface area contributed by atoms with Gasteiger partial charge < -0.3 is 20.5 Å². The van der Waals surface area contributed by atoms with Gasteiger partial charge in [-0.2, -0.15) is 0 Å². The molecule has 0 spiro atoms. The predicted octanol–water partition coefficient (Wildman–Crippen LogP) is 4.09. The summed E-state index contributed by atoms with van der Waals surface area (Å²) in [4.78, 5) is 18.6. The van der Waals surface area contributed by atoms with Crippen molar-refractivity contribution in [2.75, 3.05) is 18.4 Å². The molecule has 0 bridgehead atoms. The number of nitrogens with two attached hydrogens (primary N) is 1. The molecule has 156 valence electrons. The number of fused-ring (bicyclic) bond motifs is 1. The van der Waals surface area contributed by atoms with E-state index in [-0.39, 0.29) is 29.3 Å². The van der Waals surface area contributed by atoms with Crippen LogP contribution in [0.2, 0.25) is 5.02 Å². The van der Waals surface area contributed by atoms with Gasteiger partial charge in [-0.15, -0.1) is 0 Å². The SMILES string of the molecule is C[C@H]1c2nc(-c3ccc(F)cc3)c(Nc3ccc(Cl)c(F)c3)n2CCN1C(=O)CN. The second kappa shape index (κ2) is 8.04. The standard InChI is InChI=1S/C21H20ClF2N5O/c1-12-20-27-19(13-2-4-14(23)5-3-13)21(26-15-6-7-16(22)17(24)10-15)29(20)9-8-28(12)18(30)11-25/h2-7,10,12,26H,8-9,11,25H2,1H3/t12-/m0/s1. The Labute approximate surface area is 177 Å². The number of benzene rings is 2. The zero-order chi connectivity index (χ0) is 21.4. The second-order valence-corrected chi connectivity index (χ2v) is 7.45. The normalized spacial score (nSPS) is 15.8. The summed E-state index contributed by atoms with van der Waals surface area (Å²) in [7, 11) is 0. The maximum absolute atomic E-state index is 14.0. The quantitative estimate of drug-likeness (QED) is 0.652. The number of carbonyl (C=O) groups excluding carboxylic acids is 1. The third-order valence-corrected chi connectivity index (χ3v) is 5.50. The average Bonchev–Trinajstić information content (AvgIpc) is 3.10. The molecule has 3 aromatic rings. The van der Waals surface area contributed by atoms with Crippen LogP contribution in [0.3, 0.4) is 0 Å². The molecule has 2 heterocycles. The number of anilines is 2. The molecular weight excluding hydrogens is 412 g/mol. The number of halogens is 3. The first-order valence-electron chi connectivity index (χ1n) is 9.47. The van der Waals surface area contributed by atoms with E-state index >= 15 is 0 Å². The largest absolute Gasteiger partial charge is 0.340 e. The molecule has 1 aromatic heterocycles. The number of imidazole rings is 1. The number of nitrogens with zero attached hydrogens (tertiary/aromatic N) is 3. The van der Waals surface area contributed by atoms with Crippen LogP contribution in [0.15, 0.2) is 42.5 Å². The molecule has 1 atom stereocenters. The van der Waals surface area contributed by atoms with E-state index in [0.717, 1.165) is 0 Å². The number of hydrogen-bond donors (Lipinski definition) is 2. The molecule has 1 aliphatic heterocycles. The van der Waals surface area contributed by atoms with Crippen LogP contribution in [0.4, 0.5) is 20.3 Å². The molecule has 0 aliphatic carbocycles. The lowest BCUT2D eigenvalue weighted by molar-refractivity contribution is -0.132. The van der Waals surface area contributed by atoms with Crippen molar-refractivity contribution in [3.05, 3.63) is 64.9 Å². The predicted molar refractivity (Wildman–Crippen MR) is 111 cm³/mol. The minimum absolute atomic E-state index is 0.0270. The van der Waals surface area contributed by atoms with Crippen LogP contribution < -0.4 is 11.1 Å². The van der Waals surface area contributed by atoms with Crippen LogP contribution in [-0.2, 0) is 11.3 Å². The number of rotatable bonds is 4. The molecule has 1 amide bonds. The van der Waals surface area contributed by atoms with Gasteiger partial charge in [0.1, 0.15) is 29.0 Å². The Hall–Kier alpha value is -2.97. The maximum atomic E-state index is 14.0. The number of nitrogens with one attached hydrogen (secondary N) is 1. The number of aromatic nitrogens is 2. The summed E-state index contributed by atoms with van der Waals surface area (Å²) in [6.45, 7) is 2.75. The van der Waals surface area contributed by atoms with Gasteiger partial charge in [0.05, 0.1) is 17.6 Å². The lowest BCUT2D eigenvalue weighted by atomic mass is 10.1. The highest BCUT2D eigenvalue weighted by atomic mass is 35.5. The third-order valence-electron chi connectivity index (χ3n) is 5.20. The van der Waals surface area contributed by atoms with E-state index in [1.165, 1.54) is 24.3 Å². The van der Waals surface area contributed by atoms with Crippen molar-refractivity contribution in [1.82, 2.24) is 14.5 Å². The summed E-state index contributed by atoms with van der Waals surface area (Å²) in [5.74, 6) is 0.236. The summed E-state index contributed by atoms with van der Waals surface area (Å²) in [6.07, 6.45) is 0. The molecule has 0 saturated carbocycles. The fourth-order valence-electron chi connectivity index (χ4n) is 3.66. The summed E-state index contributed by atoms with van der Waals surface area (Å²) in [6, 6.07) is 10.1. The molecule has 0 saturated heterocycles. The van der Waals surface area contributed by atoms with Crippen LogP contribution in [0.5, 0.6) is 0 Å². The molecule has 9 heteroatoms. The number of hydrogen-bond acceptors (Lipinski definition) is 4. The van der Waals surface area contributed by atoms with E-state index < -0.39 is 5.82 Å². The molecule has 3 N–H and O–H groups in total. The van der Waals surface area contributed by atoms with Gasteiger partial charge >= 0.3 is 0 Å². The molecule has 0 radical (unpaired) electrons. The first-order chi connectivity index (χ1) is 14.4. The topological polar surface area (TPSA) is 76.2 Å². The van der Waals surface area contributed by atoms with Crippen molar-refractivity contribution in [2.45, 2.75) is 19.5 Å². The van der Waals surface area contributed by atoms with E-state index in [1.54, 1.807) is 23.1 Å². The Balaban J connectivity index is 1.81. The molecule has 4 rings (SSSR count). The van der Waals surface area contributed by atoms with Gasteiger partial charge in [0, 0.05) is 24.3 Å². The molecule has 6 nitrogen and oxygen atoms in total. The van der Waals surface area contributed by atoms with E-state index in [2.05, 4.69) is 5.32 Å². The van der Waals surface area contributed by atoms with Crippen molar-refractivity contribution in [3.63, 3.8) is 0 Å². The van der Waals surface area contributed by atoms with Crippen molar-refractivity contribution < 1.29 is 13.6 Å². The van der Waals surface area contributed by atoms with Crippen LogP contribution >= 0.6 is 11.6 Å².